The number of nitrogen functional groups attached to an aromatic ring is 2. The van der Waals surface area contributed by atoms with E-state index in [2.05, 4.69) is 47.2 Å². The summed E-state index contributed by atoms with van der Waals surface area (Å²) in [5.41, 5.74) is 12.5. The molecule has 1 fully saturated rings. The minimum atomic E-state index is -0.201. The molecule has 0 bridgehead atoms. The predicted molar refractivity (Wildman–Crippen MR) is 81.7 cm³/mol. The van der Waals surface area contributed by atoms with Crippen LogP contribution < -0.4 is 11.5 Å². The topological polar surface area (TPSA) is 105 Å². The fraction of sp³-hybridized carbons (Fsp3) is 0.643. The van der Waals surface area contributed by atoms with Crippen LogP contribution in [0.15, 0.2) is 6.33 Å². The minimum absolute atomic E-state index is 0.173. The van der Waals surface area contributed by atoms with Gasteiger partial charge in [-0.2, -0.15) is 9.97 Å². The fourth-order valence-electron chi connectivity index (χ4n) is 3.46. The van der Waals surface area contributed by atoms with Crippen molar-refractivity contribution in [2.75, 3.05) is 11.5 Å². The van der Waals surface area contributed by atoms with Crippen molar-refractivity contribution in [3.63, 3.8) is 0 Å². The minimum Gasteiger partial charge on any atom is -0.382 e. The number of aromatic nitrogens is 4. The van der Waals surface area contributed by atoms with Crippen LogP contribution in [-0.4, -0.2) is 30.7 Å². The van der Waals surface area contributed by atoms with Gasteiger partial charge in [-0.25, -0.2) is 4.98 Å². The standard InChI is InChI=1S/C14H22N6O/c1-13(2)5-8(6-14(3,4)21-13)20-7-17-9-10(15)18-12(16)19-11(9)20/h7-8H,5-6H2,1-4H3,(H4,15,16,18,19). The van der Waals surface area contributed by atoms with Gasteiger partial charge in [0.25, 0.3) is 0 Å². The number of imidazole rings is 1. The van der Waals surface area contributed by atoms with Crippen LogP contribution in [0.1, 0.15) is 46.6 Å². The second-order valence-electron chi connectivity index (χ2n) is 6.97. The summed E-state index contributed by atoms with van der Waals surface area (Å²) in [5.74, 6) is 0.495. The Labute approximate surface area is 123 Å². The Morgan fingerprint density at radius 2 is 1.76 bits per heavy atom. The van der Waals surface area contributed by atoms with Crippen LogP contribution in [0.3, 0.4) is 0 Å². The summed E-state index contributed by atoms with van der Waals surface area (Å²) in [4.78, 5) is 12.6. The highest BCUT2D eigenvalue weighted by atomic mass is 16.5. The van der Waals surface area contributed by atoms with Crippen LogP contribution in [0, 0.1) is 0 Å². The summed E-state index contributed by atoms with van der Waals surface area (Å²) in [6, 6.07) is 0.238. The Bertz CT molecular complexity index is 674. The Morgan fingerprint density at radius 3 is 2.38 bits per heavy atom. The molecule has 0 atom stereocenters. The zero-order chi connectivity index (χ0) is 15.4. The second-order valence-corrected chi connectivity index (χ2v) is 6.97. The first kappa shape index (κ1) is 14.1. The average molecular weight is 290 g/mol. The van der Waals surface area contributed by atoms with Crippen LogP contribution >= 0.6 is 0 Å². The fourth-order valence-corrected chi connectivity index (χ4v) is 3.46. The van der Waals surface area contributed by atoms with Crippen LogP contribution in [0.25, 0.3) is 11.2 Å². The van der Waals surface area contributed by atoms with E-state index in [1.807, 2.05) is 0 Å². The van der Waals surface area contributed by atoms with E-state index in [1.165, 1.54) is 0 Å². The van der Waals surface area contributed by atoms with E-state index in [4.69, 9.17) is 16.2 Å². The van der Waals surface area contributed by atoms with Gasteiger partial charge in [0.15, 0.2) is 11.5 Å². The molecule has 0 amide bonds. The summed E-state index contributed by atoms with van der Waals surface area (Å²) >= 11 is 0. The third-order valence-electron chi connectivity index (χ3n) is 3.87. The first-order valence-corrected chi connectivity index (χ1v) is 7.13. The van der Waals surface area contributed by atoms with Gasteiger partial charge in [0.2, 0.25) is 5.95 Å². The molecule has 3 rings (SSSR count). The summed E-state index contributed by atoms with van der Waals surface area (Å²) in [7, 11) is 0. The summed E-state index contributed by atoms with van der Waals surface area (Å²) < 4.78 is 8.18. The van der Waals surface area contributed by atoms with Gasteiger partial charge < -0.3 is 20.8 Å². The van der Waals surface area contributed by atoms with Crippen LogP contribution in [0.5, 0.6) is 0 Å². The Hall–Kier alpha value is -1.89. The molecule has 7 heteroatoms. The molecular weight excluding hydrogens is 268 g/mol. The number of nitrogens with two attached hydrogens (primary N) is 2. The molecule has 1 aliphatic heterocycles. The van der Waals surface area contributed by atoms with Crippen LogP contribution in [0.2, 0.25) is 0 Å². The van der Waals surface area contributed by atoms with Crippen molar-refractivity contribution in [1.29, 1.82) is 0 Å². The van der Waals surface area contributed by atoms with Crippen molar-refractivity contribution in [2.45, 2.75) is 57.8 Å². The van der Waals surface area contributed by atoms with Gasteiger partial charge in [-0.15, -0.1) is 0 Å². The van der Waals surface area contributed by atoms with Gasteiger partial charge in [-0.05, 0) is 40.5 Å². The summed E-state index contributed by atoms with van der Waals surface area (Å²) in [6.07, 6.45) is 3.54. The predicted octanol–water partition coefficient (Wildman–Crippen LogP) is 1.90. The molecule has 1 aliphatic rings. The normalized spacial score (nSPS) is 21.7. The highest BCUT2D eigenvalue weighted by Gasteiger charge is 2.40. The van der Waals surface area contributed by atoms with E-state index >= 15 is 0 Å². The average Bonchev–Trinajstić information content (AvgIpc) is 2.68. The first-order valence-electron chi connectivity index (χ1n) is 7.13. The maximum absolute atomic E-state index is 6.13. The van der Waals surface area contributed by atoms with E-state index < -0.39 is 0 Å². The molecular formula is C14H22N6O. The quantitative estimate of drug-likeness (QED) is 0.831. The smallest absolute Gasteiger partial charge is 0.224 e. The van der Waals surface area contributed by atoms with E-state index in [9.17, 15) is 0 Å². The maximum Gasteiger partial charge on any atom is 0.224 e. The van der Waals surface area contributed by atoms with Crippen molar-refractivity contribution < 1.29 is 4.74 Å². The Kier molecular flexibility index (Phi) is 2.88. The molecule has 4 N–H and O–H groups in total. The van der Waals surface area contributed by atoms with Crippen LogP contribution in [-0.2, 0) is 4.74 Å². The monoisotopic (exact) mass is 290 g/mol. The molecule has 0 aliphatic carbocycles. The SMILES string of the molecule is CC1(C)CC(n2cnc3c(N)nc(N)nc32)CC(C)(C)O1. The first-order chi connectivity index (χ1) is 9.67. The number of hydrogen-bond acceptors (Lipinski definition) is 6. The number of anilines is 2. The molecule has 114 valence electrons. The lowest BCUT2D eigenvalue weighted by molar-refractivity contribution is -0.169. The lowest BCUT2D eigenvalue weighted by Gasteiger charge is -2.45. The van der Waals surface area contributed by atoms with Crippen molar-refractivity contribution >= 4 is 22.9 Å². The van der Waals surface area contributed by atoms with E-state index in [-0.39, 0.29) is 23.2 Å². The van der Waals surface area contributed by atoms with Crippen molar-refractivity contribution in [3.8, 4) is 0 Å². The Morgan fingerprint density at radius 1 is 1.14 bits per heavy atom. The summed E-state index contributed by atoms with van der Waals surface area (Å²) in [5, 5.41) is 0. The van der Waals surface area contributed by atoms with Crippen molar-refractivity contribution in [1.82, 2.24) is 19.5 Å². The molecule has 0 unspecified atom stereocenters. The Balaban J connectivity index is 2.08. The third kappa shape index (κ3) is 2.53. The number of rotatable bonds is 1. The largest absolute Gasteiger partial charge is 0.382 e. The van der Waals surface area contributed by atoms with E-state index in [0.29, 0.717) is 17.0 Å². The molecule has 7 nitrogen and oxygen atoms in total. The number of fused-ring (bicyclic) bond motifs is 1. The van der Waals surface area contributed by atoms with Gasteiger partial charge in [0, 0.05) is 6.04 Å². The highest BCUT2D eigenvalue weighted by Crippen LogP contribution is 2.41. The molecule has 2 aromatic heterocycles. The second kappa shape index (κ2) is 4.30. The molecule has 0 saturated carbocycles. The highest BCUT2D eigenvalue weighted by molar-refractivity contribution is 5.82. The zero-order valence-corrected chi connectivity index (χ0v) is 12.9. The number of hydrogen-bond donors (Lipinski definition) is 2. The van der Waals surface area contributed by atoms with E-state index in [0.717, 1.165) is 12.8 Å². The molecule has 21 heavy (non-hydrogen) atoms. The van der Waals surface area contributed by atoms with Gasteiger partial charge in [-0.1, -0.05) is 0 Å². The molecule has 0 spiro atoms. The zero-order valence-electron chi connectivity index (χ0n) is 12.9. The molecule has 3 heterocycles. The number of nitrogens with zero attached hydrogens (tertiary/aromatic N) is 4. The van der Waals surface area contributed by atoms with Gasteiger partial charge in [0.05, 0.1) is 17.5 Å². The van der Waals surface area contributed by atoms with E-state index in [1.54, 1.807) is 6.33 Å². The van der Waals surface area contributed by atoms with Crippen molar-refractivity contribution in [3.05, 3.63) is 6.33 Å². The lowest BCUT2D eigenvalue weighted by Crippen LogP contribution is -2.45. The van der Waals surface area contributed by atoms with Gasteiger partial charge in [-0.3, -0.25) is 0 Å². The summed E-state index contributed by atoms with van der Waals surface area (Å²) in [6.45, 7) is 8.44. The van der Waals surface area contributed by atoms with Gasteiger partial charge >= 0.3 is 0 Å². The van der Waals surface area contributed by atoms with Crippen molar-refractivity contribution in [2.24, 2.45) is 0 Å². The maximum atomic E-state index is 6.13. The molecule has 1 saturated heterocycles. The molecule has 2 aromatic rings. The number of ether oxygens (including phenoxy) is 1. The molecule has 0 radical (unpaired) electrons. The van der Waals surface area contributed by atoms with Crippen LogP contribution in [0.4, 0.5) is 11.8 Å². The third-order valence-corrected chi connectivity index (χ3v) is 3.87. The van der Waals surface area contributed by atoms with Gasteiger partial charge in [0.1, 0.15) is 5.52 Å². The lowest BCUT2D eigenvalue weighted by atomic mass is 9.85. The molecule has 0 aromatic carbocycles.